The molecule has 4 nitrogen and oxygen atoms in total. The largest absolute Gasteiger partial charge is 0.394 e. The highest BCUT2D eigenvalue weighted by molar-refractivity contribution is 5.28. The summed E-state index contributed by atoms with van der Waals surface area (Å²) in [6.45, 7) is 2.02. The number of nitrogens with zero attached hydrogens (tertiary/aromatic N) is 3. The molecule has 0 saturated carbocycles. The molecule has 0 aliphatic heterocycles. The number of aliphatic hydroxyl groups excluding tert-OH is 1. The van der Waals surface area contributed by atoms with E-state index in [0.29, 0.717) is 5.95 Å². The first-order valence-corrected chi connectivity index (χ1v) is 3.86. The van der Waals surface area contributed by atoms with Crippen molar-refractivity contribution in [3.05, 3.63) is 18.5 Å². The second-order valence-corrected chi connectivity index (χ2v) is 2.69. The quantitative estimate of drug-likeness (QED) is 0.703. The second kappa shape index (κ2) is 4.01. The van der Waals surface area contributed by atoms with Gasteiger partial charge in [-0.25, -0.2) is 9.97 Å². The van der Waals surface area contributed by atoms with Gasteiger partial charge in [-0.1, -0.05) is 0 Å². The first-order valence-electron chi connectivity index (χ1n) is 3.86. The minimum atomic E-state index is 0.0485. The molecule has 0 aromatic carbocycles. The molecule has 1 atom stereocenters. The van der Waals surface area contributed by atoms with E-state index in [1.54, 1.807) is 18.5 Å². The first kappa shape index (κ1) is 8.93. The third kappa shape index (κ3) is 1.92. The molecule has 12 heavy (non-hydrogen) atoms. The molecule has 4 heteroatoms. The molecule has 1 rings (SSSR count). The van der Waals surface area contributed by atoms with Crippen LogP contribution in [-0.2, 0) is 0 Å². The molecule has 1 N–H and O–H groups in total. The van der Waals surface area contributed by atoms with Gasteiger partial charge in [-0.3, -0.25) is 0 Å². The van der Waals surface area contributed by atoms with Crippen molar-refractivity contribution in [1.29, 1.82) is 0 Å². The van der Waals surface area contributed by atoms with Crippen molar-refractivity contribution in [3.63, 3.8) is 0 Å². The highest BCUT2D eigenvalue weighted by Gasteiger charge is 2.09. The van der Waals surface area contributed by atoms with Gasteiger partial charge in [0.05, 0.1) is 12.6 Å². The van der Waals surface area contributed by atoms with Crippen LogP contribution < -0.4 is 4.90 Å². The summed E-state index contributed by atoms with van der Waals surface area (Å²) < 4.78 is 0. The fourth-order valence-corrected chi connectivity index (χ4v) is 0.793. The lowest BCUT2D eigenvalue weighted by molar-refractivity contribution is 0.269. The van der Waals surface area contributed by atoms with Crippen LogP contribution in [0.4, 0.5) is 5.95 Å². The first-order chi connectivity index (χ1) is 5.75. The Bertz CT molecular complexity index is 227. The van der Waals surface area contributed by atoms with Gasteiger partial charge in [-0.2, -0.15) is 0 Å². The molecule has 0 aliphatic rings. The standard InChI is InChI=1S/C8H13N3O/c1-7(6-12)11(2)8-9-4-3-5-10-8/h3-5,7,12H,6H2,1-2H3. The van der Waals surface area contributed by atoms with Crippen LogP contribution in [0.25, 0.3) is 0 Å². The van der Waals surface area contributed by atoms with E-state index in [4.69, 9.17) is 5.11 Å². The Kier molecular flexibility index (Phi) is 2.99. The molecular formula is C8H13N3O. The Morgan fingerprint density at radius 1 is 1.50 bits per heavy atom. The number of rotatable bonds is 3. The van der Waals surface area contributed by atoms with Crippen molar-refractivity contribution in [2.75, 3.05) is 18.6 Å². The summed E-state index contributed by atoms with van der Waals surface area (Å²) in [7, 11) is 1.86. The highest BCUT2D eigenvalue weighted by Crippen LogP contribution is 2.05. The highest BCUT2D eigenvalue weighted by atomic mass is 16.3. The van der Waals surface area contributed by atoms with E-state index >= 15 is 0 Å². The molecule has 1 aromatic heterocycles. The third-order valence-electron chi connectivity index (χ3n) is 1.79. The van der Waals surface area contributed by atoms with Crippen LogP contribution in [0.15, 0.2) is 18.5 Å². The van der Waals surface area contributed by atoms with E-state index in [-0.39, 0.29) is 12.6 Å². The number of anilines is 1. The van der Waals surface area contributed by atoms with E-state index in [2.05, 4.69) is 9.97 Å². The molecule has 0 aliphatic carbocycles. The van der Waals surface area contributed by atoms with Gasteiger partial charge in [-0.05, 0) is 13.0 Å². The molecule has 0 spiro atoms. The maximum Gasteiger partial charge on any atom is 0.225 e. The predicted octanol–water partition coefficient (Wildman–Crippen LogP) is 0.294. The Morgan fingerprint density at radius 2 is 2.08 bits per heavy atom. The summed E-state index contributed by atoms with van der Waals surface area (Å²) in [4.78, 5) is 9.94. The van der Waals surface area contributed by atoms with Gasteiger partial charge in [0.1, 0.15) is 0 Å². The maximum atomic E-state index is 8.87. The van der Waals surface area contributed by atoms with Gasteiger partial charge >= 0.3 is 0 Å². The summed E-state index contributed by atoms with van der Waals surface area (Å²) in [5, 5.41) is 8.87. The summed E-state index contributed by atoms with van der Waals surface area (Å²) in [6.07, 6.45) is 3.37. The summed E-state index contributed by atoms with van der Waals surface area (Å²) >= 11 is 0. The molecule has 1 heterocycles. The molecule has 1 aromatic rings. The van der Waals surface area contributed by atoms with Gasteiger partial charge in [-0.15, -0.1) is 0 Å². The smallest absolute Gasteiger partial charge is 0.225 e. The van der Waals surface area contributed by atoms with Crippen LogP contribution in [-0.4, -0.2) is 34.8 Å². The van der Waals surface area contributed by atoms with E-state index in [1.807, 2.05) is 18.9 Å². The fourth-order valence-electron chi connectivity index (χ4n) is 0.793. The van der Waals surface area contributed by atoms with Crippen LogP contribution >= 0.6 is 0 Å². The van der Waals surface area contributed by atoms with Crippen LogP contribution in [0.5, 0.6) is 0 Å². The fraction of sp³-hybridized carbons (Fsp3) is 0.500. The van der Waals surface area contributed by atoms with Gasteiger partial charge in [0.15, 0.2) is 0 Å². The number of likely N-dealkylation sites (N-methyl/N-ethyl adjacent to an activating group) is 1. The molecule has 0 fully saturated rings. The predicted molar refractivity (Wildman–Crippen MR) is 47.0 cm³/mol. The van der Waals surface area contributed by atoms with E-state index in [0.717, 1.165) is 0 Å². The van der Waals surface area contributed by atoms with Crippen LogP contribution in [0.2, 0.25) is 0 Å². The van der Waals surface area contributed by atoms with E-state index in [1.165, 1.54) is 0 Å². The molecular weight excluding hydrogens is 154 g/mol. The Balaban J connectivity index is 2.71. The Morgan fingerprint density at radius 3 is 2.58 bits per heavy atom. The topological polar surface area (TPSA) is 49.2 Å². The zero-order valence-corrected chi connectivity index (χ0v) is 7.31. The van der Waals surface area contributed by atoms with Gasteiger partial charge in [0, 0.05) is 19.4 Å². The van der Waals surface area contributed by atoms with Crippen LogP contribution in [0.3, 0.4) is 0 Å². The van der Waals surface area contributed by atoms with Crippen molar-refractivity contribution in [2.24, 2.45) is 0 Å². The molecule has 66 valence electrons. The second-order valence-electron chi connectivity index (χ2n) is 2.69. The Labute approximate surface area is 71.9 Å². The van der Waals surface area contributed by atoms with Crippen molar-refractivity contribution in [3.8, 4) is 0 Å². The molecule has 0 saturated heterocycles. The van der Waals surface area contributed by atoms with Crippen LogP contribution in [0, 0.1) is 0 Å². The molecule has 0 bridgehead atoms. The maximum absolute atomic E-state index is 8.87. The van der Waals surface area contributed by atoms with E-state index < -0.39 is 0 Å². The lowest BCUT2D eigenvalue weighted by atomic mass is 10.3. The summed E-state index contributed by atoms with van der Waals surface area (Å²) in [5.74, 6) is 0.638. The normalized spacial score (nSPS) is 12.6. The average Bonchev–Trinajstić information content (AvgIpc) is 2.17. The number of aromatic nitrogens is 2. The monoisotopic (exact) mass is 167 g/mol. The molecule has 0 radical (unpaired) electrons. The van der Waals surface area contributed by atoms with Gasteiger partial charge in [0.2, 0.25) is 5.95 Å². The third-order valence-corrected chi connectivity index (χ3v) is 1.79. The Hall–Kier alpha value is -1.16. The average molecular weight is 167 g/mol. The van der Waals surface area contributed by atoms with Crippen molar-refractivity contribution in [2.45, 2.75) is 13.0 Å². The lowest BCUT2D eigenvalue weighted by Gasteiger charge is -2.22. The molecule has 1 unspecified atom stereocenters. The minimum Gasteiger partial charge on any atom is -0.394 e. The SMILES string of the molecule is CC(CO)N(C)c1ncccn1. The molecule has 0 amide bonds. The number of hydrogen-bond donors (Lipinski definition) is 1. The summed E-state index contributed by atoms with van der Waals surface area (Å²) in [6, 6.07) is 1.81. The van der Waals surface area contributed by atoms with Crippen molar-refractivity contribution < 1.29 is 5.11 Å². The minimum absolute atomic E-state index is 0.0485. The van der Waals surface area contributed by atoms with Crippen molar-refractivity contribution in [1.82, 2.24) is 9.97 Å². The zero-order chi connectivity index (χ0) is 8.97. The lowest BCUT2D eigenvalue weighted by Crippen LogP contribution is -2.33. The summed E-state index contributed by atoms with van der Waals surface area (Å²) in [5.41, 5.74) is 0. The van der Waals surface area contributed by atoms with Gasteiger partial charge in [0.25, 0.3) is 0 Å². The van der Waals surface area contributed by atoms with Gasteiger partial charge < -0.3 is 10.0 Å². The van der Waals surface area contributed by atoms with Crippen molar-refractivity contribution >= 4 is 5.95 Å². The van der Waals surface area contributed by atoms with E-state index in [9.17, 15) is 0 Å². The zero-order valence-electron chi connectivity index (χ0n) is 7.31. The number of hydrogen-bond acceptors (Lipinski definition) is 4. The number of aliphatic hydroxyl groups is 1. The van der Waals surface area contributed by atoms with Crippen LogP contribution in [0.1, 0.15) is 6.92 Å².